The van der Waals surface area contributed by atoms with Crippen LogP contribution in [0.3, 0.4) is 0 Å². The van der Waals surface area contributed by atoms with E-state index in [1.165, 1.54) is 0 Å². The first-order valence-electron chi connectivity index (χ1n) is 16.1. The summed E-state index contributed by atoms with van der Waals surface area (Å²) in [5, 5.41) is 2.15. The molecule has 49 heavy (non-hydrogen) atoms. The molecule has 0 bridgehead atoms. The number of fused-ring (bicyclic) bond motifs is 2. The van der Waals surface area contributed by atoms with E-state index in [1.54, 1.807) is 0 Å². The monoisotopic (exact) mass is 629 g/mol. The average molecular weight is 630 g/mol. The summed E-state index contributed by atoms with van der Waals surface area (Å²) in [5.41, 5.74) is 9.27. The van der Waals surface area contributed by atoms with E-state index in [-0.39, 0.29) is 0 Å². The van der Waals surface area contributed by atoms with Crippen LogP contribution in [0.2, 0.25) is 0 Å². The molecule has 9 aromatic rings. The molecule has 3 heterocycles. The molecule has 6 heteroatoms. The first-order valence-corrected chi connectivity index (χ1v) is 16.1. The first-order chi connectivity index (χ1) is 24.3. The number of rotatable bonds is 6. The van der Waals surface area contributed by atoms with Crippen molar-refractivity contribution in [1.82, 2.24) is 24.9 Å². The summed E-state index contributed by atoms with van der Waals surface area (Å²) in [6, 6.07) is 50.9. The second-order valence-corrected chi connectivity index (χ2v) is 11.7. The van der Waals surface area contributed by atoms with Crippen LogP contribution in [-0.2, 0) is 0 Å². The number of hydrogen-bond acceptors (Lipinski definition) is 6. The maximum absolute atomic E-state index is 6.29. The van der Waals surface area contributed by atoms with Crippen LogP contribution in [0.4, 0.5) is 0 Å². The number of benzene rings is 6. The Morgan fingerprint density at radius 2 is 1.02 bits per heavy atom. The smallest absolute Gasteiger partial charge is 0.227 e. The molecule has 0 spiro atoms. The predicted octanol–water partition coefficient (Wildman–Crippen LogP) is 10.6. The summed E-state index contributed by atoms with van der Waals surface area (Å²) in [6.07, 6.45) is 3.74. The Morgan fingerprint density at radius 3 is 1.71 bits per heavy atom. The Hall–Kier alpha value is -6.79. The molecule has 0 aliphatic rings. The maximum Gasteiger partial charge on any atom is 0.227 e. The standard InChI is InChI=1S/C43H27N5O/c1-4-12-28(13-5-1)40-46-41(29-14-6-2-7-15-29)48-42(47-40)31-22-23-35(37(26-31)34-19-10-18-32-27-44-25-24-33(32)34)36-20-11-21-38-39(36)45-43(49-38)30-16-8-3-9-17-30/h1-27H. The molecule has 0 radical (unpaired) electrons. The van der Waals surface area contributed by atoms with Crippen molar-refractivity contribution in [1.29, 1.82) is 0 Å². The van der Waals surface area contributed by atoms with Crippen LogP contribution in [0.1, 0.15) is 0 Å². The highest BCUT2D eigenvalue weighted by Gasteiger charge is 2.19. The Labute approximate surface area is 282 Å². The lowest BCUT2D eigenvalue weighted by molar-refractivity contribution is 0.620. The van der Waals surface area contributed by atoms with Crippen molar-refractivity contribution >= 4 is 21.9 Å². The van der Waals surface area contributed by atoms with Crippen LogP contribution in [-0.4, -0.2) is 24.9 Å². The molecule has 0 N–H and O–H groups in total. The fraction of sp³-hybridized carbons (Fsp3) is 0. The van der Waals surface area contributed by atoms with Gasteiger partial charge in [-0.05, 0) is 52.4 Å². The summed E-state index contributed by atoms with van der Waals surface area (Å²) in [6.45, 7) is 0. The minimum Gasteiger partial charge on any atom is -0.436 e. The zero-order valence-corrected chi connectivity index (χ0v) is 26.2. The minimum atomic E-state index is 0.588. The van der Waals surface area contributed by atoms with E-state index in [0.717, 1.165) is 66.4 Å². The molecule has 0 amide bonds. The number of nitrogens with zero attached hydrogens (tertiary/aromatic N) is 5. The highest BCUT2D eigenvalue weighted by molar-refractivity contribution is 6.04. The molecule has 0 saturated heterocycles. The van der Waals surface area contributed by atoms with Gasteiger partial charge in [0.15, 0.2) is 23.1 Å². The number of hydrogen-bond donors (Lipinski definition) is 0. The van der Waals surface area contributed by atoms with E-state index in [9.17, 15) is 0 Å². The second-order valence-electron chi connectivity index (χ2n) is 11.7. The third-order valence-corrected chi connectivity index (χ3v) is 8.68. The Balaban J connectivity index is 1.28. The summed E-state index contributed by atoms with van der Waals surface area (Å²) in [4.78, 5) is 24.4. The zero-order chi connectivity index (χ0) is 32.6. The van der Waals surface area contributed by atoms with Gasteiger partial charge in [-0.3, -0.25) is 4.98 Å². The highest BCUT2D eigenvalue weighted by Crippen LogP contribution is 2.41. The van der Waals surface area contributed by atoms with Gasteiger partial charge in [0.1, 0.15) is 5.52 Å². The molecular weight excluding hydrogens is 603 g/mol. The van der Waals surface area contributed by atoms with Crippen LogP contribution in [0.25, 0.3) is 89.7 Å². The van der Waals surface area contributed by atoms with Crippen molar-refractivity contribution in [2.24, 2.45) is 0 Å². The minimum absolute atomic E-state index is 0.588. The topological polar surface area (TPSA) is 77.6 Å². The van der Waals surface area contributed by atoms with E-state index in [4.69, 9.17) is 24.4 Å². The number of para-hydroxylation sites is 1. The molecule has 230 valence electrons. The molecule has 6 aromatic carbocycles. The van der Waals surface area contributed by atoms with Crippen molar-refractivity contribution in [3.63, 3.8) is 0 Å². The van der Waals surface area contributed by atoms with Gasteiger partial charge in [0.2, 0.25) is 5.89 Å². The molecule has 6 nitrogen and oxygen atoms in total. The third kappa shape index (κ3) is 5.31. The van der Waals surface area contributed by atoms with E-state index in [1.807, 2.05) is 116 Å². The van der Waals surface area contributed by atoms with Gasteiger partial charge in [0, 0.05) is 45.6 Å². The van der Waals surface area contributed by atoms with Crippen molar-refractivity contribution in [2.45, 2.75) is 0 Å². The van der Waals surface area contributed by atoms with Crippen LogP contribution in [0.15, 0.2) is 168 Å². The Kier molecular flexibility index (Phi) is 7.02. The van der Waals surface area contributed by atoms with Crippen molar-refractivity contribution in [2.75, 3.05) is 0 Å². The van der Waals surface area contributed by atoms with E-state index in [0.29, 0.717) is 23.4 Å². The SMILES string of the molecule is c1ccc(-c2nc(-c3ccccc3)nc(-c3ccc(-c4cccc5oc(-c6ccccc6)nc45)c(-c4cccc5cnccc45)c3)n2)cc1. The zero-order valence-electron chi connectivity index (χ0n) is 26.2. The van der Waals surface area contributed by atoms with E-state index < -0.39 is 0 Å². The van der Waals surface area contributed by atoms with Gasteiger partial charge in [0.05, 0.1) is 0 Å². The Bertz CT molecular complexity index is 2540. The molecule has 0 saturated carbocycles. The predicted molar refractivity (Wildman–Crippen MR) is 195 cm³/mol. The van der Waals surface area contributed by atoms with Gasteiger partial charge >= 0.3 is 0 Å². The molecular formula is C43H27N5O. The van der Waals surface area contributed by atoms with Crippen molar-refractivity contribution < 1.29 is 4.42 Å². The van der Waals surface area contributed by atoms with Gasteiger partial charge in [-0.25, -0.2) is 19.9 Å². The van der Waals surface area contributed by atoms with Gasteiger partial charge < -0.3 is 4.42 Å². The lowest BCUT2D eigenvalue weighted by Crippen LogP contribution is -2.00. The Morgan fingerprint density at radius 1 is 0.408 bits per heavy atom. The fourth-order valence-electron chi connectivity index (χ4n) is 6.31. The molecule has 0 aliphatic heterocycles. The third-order valence-electron chi connectivity index (χ3n) is 8.68. The molecule has 9 rings (SSSR count). The summed E-state index contributed by atoms with van der Waals surface area (Å²) in [7, 11) is 0. The van der Waals surface area contributed by atoms with Crippen molar-refractivity contribution in [3.05, 3.63) is 164 Å². The van der Waals surface area contributed by atoms with Crippen LogP contribution in [0, 0.1) is 0 Å². The number of aromatic nitrogens is 5. The highest BCUT2D eigenvalue weighted by atomic mass is 16.3. The van der Waals surface area contributed by atoms with Crippen LogP contribution < -0.4 is 0 Å². The largest absolute Gasteiger partial charge is 0.436 e. The normalized spacial score (nSPS) is 11.3. The number of oxazole rings is 1. The quantitative estimate of drug-likeness (QED) is 0.182. The van der Waals surface area contributed by atoms with E-state index in [2.05, 4.69) is 53.5 Å². The number of pyridine rings is 1. The van der Waals surface area contributed by atoms with Gasteiger partial charge in [-0.1, -0.05) is 121 Å². The molecule has 3 aromatic heterocycles. The summed E-state index contributed by atoms with van der Waals surface area (Å²) >= 11 is 0. The second kappa shape index (κ2) is 12.1. The summed E-state index contributed by atoms with van der Waals surface area (Å²) < 4.78 is 6.29. The van der Waals surface area contributed by atoms with Gasteiger partial charge in [0.25, 0.3) is 0 Å². The van der Waals surface area contributed by atoms with Gasteiger partial charge in [-0.2, -0.15) is 0 Å². The average Bonchev–Trinajstić information content (AvgIpc) is 3.63. The van der Waals surface area contributed by atoms with Crippen LogP contribution >= 0.6 is 0 Å². The molecule has 0 aliphatic carbocycles. The lowest BCUT2D eigenvalue weighted by Gasteiger charge is -2.15. The first kappa shape index (κ1) is 28.4. The molecule has 0 unspecified atom stereocenters. The van der Waals surface area contributed by atoms with Crippen molar-refractivity contribution in [3.8, 4) is 67.9 Å². The van der Waals surface area contributed by atoms with Gasteiger partial charge in [-0.15, -0.1) is 0 Å². The summed E-state index contributed by atoms with van der Waals surface area (Å²) in [5.74, 6) is 2.41. The fourth-order valence-corrected chi connectivity index (χ4v) is 6.31. The molecule has 0 fully saturated rings. The van der Waals surface area contributed by atoms with Crippen LogP contribution in [0.5, 0.6) is 0 Å². The maximum atomic E-state index is 6.29. The lowest BCUT2D eigenvalue weighted by atomic mass is 9.90. The molecule has 0 atom stereocenters. The van der Waals surface area contributed by atoms with E-state index >= 15 is 0 Å².